The molecule has 0 saturated heterocycles. The Morgan fingerprint density at radius 2 is 0.933 bits per heavy atom. The Kier molecular flexibility index (Phi) is 8.34. The fourth-order valence-corrected chi connectivity index (χ4v) is 10.3. The minimum atomic E-state index is -0.419. The maximum Gasteiger partial charge on any atom is 0.182 e. The van der Waals surface area contributed by atoms with E-state index >= 15 is 0 Å². The van der Waals surface area contributed by atoms with E-state index in [0.29, 0.717) is 22.6 Å². The SMILES string of the molecule is N#Cc1cc(C#N)cc(-c2cccc(-c3nnc(-c4cccc(-c5ccc6c(c5)-c5ccccc5C65c6ccccc6Sc6ccccc65)c4)c(-c4ccccc4)n3)c2)c1. The number of hydrogen-bond acceptors (Lipinski definition) is 6. The minimum Gasteiger partial charge on any atom is -0.224 e. The van der Waals surface area contributed by atoms with Crippen molar-refractivity contribution >= 4 is 11.8 Å². The number of benzene rings is 8. The van der Waals surface area contributed by atoms with E-state index in [1.54, 1.807) is 18.2 Å². The van der Waals surface area contributed by atoms with Gasteiger partial charge in [-0.05, 0) is 104 Å². The van der Waals surface area contributed by atoms with Crippen LogP contribution in [-0.2, 0) is 5.41 Å². The van der Waals surface area contributed by atoms with Crippen molar-refractivity contribution < 1.29 is 0 Å². The normalized spacial score (nSPS) is 12.7. The van der Waals surface area contributed by atoms with Gasteiger partial charge in [-0.2, -0.15) is 10.5 Å². The van der Waals surface area contributed by atoms with E-state index in [-0.39, 0.29) is 0 Å². The summed E-state index contributed by atoms with van der Waals surface area (Å²) in [5.41, 5.74) is 16.0. The van der Waals surface area contributed by atoms with Gasteiger partial charge in [0.1, 0.15) is 11.4 Å². The fourth-order valence-electron chi connectivity index (χ4n) is 9.09. The molecule has 11 rings (SSSR count). The molecule has 278 valence electrons. The van der Waals surface area contributed by atoms with Crippen LogP contribution in [0.3, 0.4) is 0 Å². The molecule has 1 aliphatic carbocycles. The predicted octanol–water partition coefficient (Wildman–Crippen LogP) is 12.8. The number of fused-ring (bicyclic) bond motifs is 9. The Balaban J connectivity index is 1.02. The van der Waals surface area contributed by atoms with Crippen molar-refractivity contribution in [1.82, 2.24) is 15.2 Å². The van der Waals surface area contributed by atoms with Crippen LogP contribution in [0.1, 0.15) is 33.4 Å². The van der Waals surface area contributed by atoms with E-state index in [1.165, 1.54) is 43.2 Å². The summed E-state index contributed by atoms with van der Waals surface area (Å²) in [6.45, 7) is 0. The quantitative estimate of drug-likeness (QED) is 0.173. The molecule has 2 heterocycles. The molecule has 1 spiro atoms. The summed E-state index contributed by atoms with van der Waals surface area (Å²) in [4.78, 5) is 7.75. The molecule has 0 saturated carbocycles. The third-order valence-electron chi connectivity index (χ3n) is 11.7. The molecule has 5 nitrogen and oxygen atoms in total. The molecule has 8 aromatic carbocycles. The summed E-state index contributed by atoms with van der Waals surface area (Å²) in [5, 5.41) is 28.8. The Morgan fingerprint density at radius 1 is 0.383 bits per heavy atom. The summed E-state index contributed by atoms with van der Waals surface area (Å²) in [5.74, 6) is 0.475. The molecule has 0 amide bonds. The first kappa shape index (κ1) is 35.3. The molecule has 2 aliphatic rings. The van der Waals surface area contributed by atoms with Crippen LogP contribution in [0.4, 0.5) is 0 Å². The molecule has 6 heteroatoms. The number of rotatable bonds is 5. The number of aromatic nitrogens is 3. The Hall–Kier alpha value is -7.90. The lowest BCUT2D eigenvalue weighted by Gasteiger charge is -2.39. The zero-order valence-corrected chi connectivity index (χ0v) is 32.9. The molecule has 9 aromatic rings. The molecule has 0 atom stereocenters. The fraction of sp³-hybridized carbons (Fsp3) is 0.0185. The van der Waals surface area contributed by atoms with Crippen molar-refractivity contribution in [3.63, 3.8) is 0 Å². The molecule has 0 unspecified atom stereocenters. The van der Waals surface area contributed by atoms with Crippen molar-refractivity contribution in [2.24, 2.45) is 0 Å². The summed E-state index contributed by atoms with van der Waals surface area (Å²) < 4.78 is 0. The Bertz CT molecular complexity index is 3210. The van der Waals surface area contributed by atoms with Crippen LogP contribution >= 0.6 is 11.8 Å². The van der Waals surface area contributed by atoms with Gasteiger partial charge >= 0.3 is 0 Å². The lowest BCUT2D eigenvalue weighted by atomic mass is 9.67. The van der Waals surface area contributed by atoms with E-state index in [4.69, 9.17) is 15.2 Å². The zero-order valence-electron chi connectivity index (χ0n) is 32.0. The summed E-state index contributed by atoms with van der Waals surface area (Å²) in [6, 6.07) is 69.5. The monoisotopic (exact) mass is 781 g/mol. The van der Waals surface area contributed by atoms with Gasteiger partial charge in [-0.3, -0.25) is 0 Å². The third-order valence-corrected chi connectivity index (χ3v) is 12.8. The topological polar surface area (TPSA) is 86.2 Å². The Morgan fingerprint density at radius 3 is 1.65 bits per heavy atom. The first-order chi connectivity index (χ1) is 29.6. The van der Waals surface area contributed by atoms with Crippen LogP contribution in [0, 0.1) is 22.7 Å². The van der Waals surface area contributed by atoms with Gasteiger partial charge < -0.3 is 0 Å². The number of hydrogen-bond donors (Lipinski definition) is 0. The van der Waals surface area contributed by atoms with Crippen LogP contribution < -0.4 is 0 Å². The molecule has 60 heavy (non-hydrogen) atoms. The average molecular weight is 782 g/mol. The highest BCUT2D eigenvalue weighted by Gasteiger charge is 2.50. The van der Waals surface area contributed by atoms with E-state index < -0.39 is 5.41 Å². The lowest BCUT2D eigenvalue weighted by molar-refractivity contribution is 0.722. The summed E-state index contributed by atoms with van der Waals surface area (Å²) in [6.07, 6.45) is 0. The van der Waals surface area contributed by atoms with Crippen LogP contribution in [0.2, 0.25) is 0 Å². The summed E-state index contributed by atoms with van der Waals surface area (Å²) >= 11 is 1.86. The third kappa shape index (κ3) is 5.58. The van der Waals surface area contributed by atoms with E-state index in [0.717, 1.165) is 44.6 Å². The van der Waals surface area contributed by atoms with Gasteiger partial charge in [-0.1, -0.05) is 151 Å². The molecule has 0 fully saturated rings. The molecule has 0 radical (unpaired) electrons. The van der Waals surface area contributed by atoms with Crippen molar-refractivity contribution in [3.05, 3.63) is 221 Å². The van der Waals surface area contributed by atoms with Crippen molar-refractivity contribution in [1.29, 1.82) is 10.5 Å². The van der Waals surface area contributed by atoms with Gasteiger partial charge in [0.05, 0.1) is 28.7 Å². The van der Waals surface area contributed by atoms with E-state index in [9.17, 15) is 10.5 Å². The second kappa shape index (κ2) is 14.2. The maximum absolute atomic E-state index is 9.59. The molecular weight excluding hydrogens is 751 g/mol. The van der Waals surface area contributed by atoms with Gasteiger partial charge in [0.2, 0.25) is 0 Å². The standard InChI is InChI=1S/C54H31N5S/c55-32-34-26-35(33-56)28-42(27-34)38-15-11-17-41(30-38)53-57-51(36-12-2-1-3-13-36)52(58-59-53)40-16-10-14-37(29-40)39-24-25-46-44(31-39)43-18-4-5-19-45(43)54(46)47-20-6-8-22-49(47)60-50-23-9-7-21-48(50)54/h1-31H. The highest BCUT2D eigenvalue weighted by molar-refractivity contribution is 7.99. The zero-order chi connectivity index (χ0) is 40.2. The minimum absolute atomic E-state index is 0.419. The first-order valence-corrected chi connectivity index (χ1v) is 20.5. The van der Waals surface area contributed by atoms with Crippen molar-refractivity contribution in [2.45, 2.75) is 15.2 Å². The van der Waals surface area contributed by atoms with Gasteiger partial charge in [0.25, 0.3) is 0 Å². The Labute approximate surface area is 352 Å². The van der Waals surface area contributed by atoms with Crippen LogP contribution in [0.25, 0.3) is 67.3 Å². The lowest BCUT2D eigenvalue weighted by Crippen LogP contribution is -2.31. The van der Waals surface area contributed by atoms with Crippen molar-refractivity contribution in [2.75, 3.05) is 0 Å². The average Bonchev–Trinajstić information content (AvgIpc) is 3.61. The second-order valence-electron chi connectivity index (χ2n) is 15.0. The molecule has 0 bridgehead atoms. The van der Waals surface area contributed by atoms with Crippen LogP contribution in [0.5, 0.6) is 0 Å². The predicted molar refractivity (Wildman–Crippen MR) is 238 cm³/mol. The molecule has 0 N–H and O–H groups in total. The van der Waals surface area contributed by atoms with E-state index in [1.807, 2.05) is 66.4 Å². The van der Waals surface area contributed by atoms with Crippen LogP contribution in [-0.4, -0.2) is 15.2 Å². The number of nitriles is 2. The largest absolute Gasteiger partial charge is 0.224 e. The molecule has 1 aliphatic heterocycles. The van der Waals surface area contributed by atoms with E-state index in [2.05, 4.69) is 127 Å². The van der Waals surface area contributed by atoms with Gasteiger partial charge in [-0.25, -0.2) is 4.98 Å². The number of nitrogens with zero attached hydrogens (tertiary/aromatic N) is 5. The first-order valence-electron chi connectivity index (χ1n) is 19.7. The smallest absolute Gasteiger partial charge is 0.182 e. The maximum atomic E-state index is 9.59. The molecular formula is C54H31N5S. The van der Waals surface area contributed by atoms with Crippen LogP contribution in [0.15, 0.2) is 198 Å². The second-order valence-corrected chi connectivity index (χ2v) is 16.1. The van der Waals surface area contributed by atoms with Gasteiger partial charge in [0.15, 0.2) is 5.82 Å². The highest BCUT2D eigenvalue weighted by atomic mass is 32.2. The van der Waals surface area contributed by atoms with Crippen molar-refractivity contribution in [3.8, 4) is 79.4 Å². The molecule has 1 aromatic heterocycles. The summed E-state index contributed by atoms with van der Waals surface area (Å²) in [7, 11) is 0. The van der Waals surface area contributed by atoms with Gasteiger partial charge in [0, 0.05) is 26.5 Å². The van der Waals surface area contributed by atoms with Gasteiger partial charge in [-0.15, -0.1) is 10.2 Å². The highest BCUT2D eigenvalue weighted by Crippen LogP contribution is 2.62.